The number of anilines is 2. The largest absolute Gasteiger partial charge is 0.454 e. The molecule has 6 rings (SSSR count). The van der Waals surface area contributed by atoms with Crippen LogP contribution in [0, 0.1) is 0 Å². The smallest absolute Gasteiger partial charge is 0.410 e. The molecule has 1 aromatic heterocycles. The van der Waals surface area contributed by atoms with Crippen LogP contribution in [-0.4, -0.2) is 59.7 Å². The van der Waals surface area contributed by atoms with E-state index in [-0.39, 0.29) is 24.7 Å². The summed E-state index contributed by atoms with van der Waals surface area (Å²) in [5.41, 5.74) is 1.50. The van der Waals surface area contributed by atoms with Gasteiger partial charge in [-0.25, -0.2) is 4.68 Å². The standard InChI is InChI=1S/C25H23ClF3N5O3/c26-16-3-1-2-4-19(16)32-7-9-33(10-8-32)24(35)18-13-23-30-17(12-22(25(27,28)29)34(23)31-18)15-5-6-20-21(11-15)37-14-36-20/h1-6,11,13,17,22,30H,7-10,12,14H2/t17-,22+/m0/s1. The first kappa shape index (κ1) is 23.8. The van der Waals surface area contributed by atoms with E-state index in [1.54, 1.807) is 23.1 Å². The number of ether oxygens (including phenoxy) is 2. The molecule has 3 aromatic rings. The second kappa shape index (κ2) is 9.05. The molecule has 0 bridgehead atoms. The summed E-state index contributed by atoms with van der Waals surface area (Å²) in [6.07, 6.45) is -4.82. The van der Waals surface area contributed by atoms with Gasteiger partial charge >= 0.3 is 6.18 Å². The fourth-order valence-electron chi connectivity index (χ4n) is 5.05. The highest BCUT2D eigenvalue weighted by molar-refractivity contribution is 6.33. The molecule has 12 heteroatoms. The van der Waals surface area contributed by atoms with Crippen LogP contribution in [0.2, 0.25) is 5.02 Å². The molecule has 194 valence electrons. The van der Waals surface area contributed by atoms with Crippen LogP contribution < -0.4 is 19.7 Å². The lowest BCUT2D eigenvalue weighted by atomic mass is 9.96. The maximum atomic E-state index is 14.1. The average molecular weight is 534 g/mol. The average Bonchev–Trinajstić information content (AvgIpc) is 3.54. The van der Waals surface area contributed by atoms with E-state index in [0.29, 0.717) is 48.3 Å². The lowest BCUT2D eigenvalue weighted by molar-refractivity contribution is -0.173. The van der Waals surface area contributed by atoms with Gasteiger partial charge in [-0.2, -0.15) is 18.3 Å². The monoisotopic (exact) mass is 533 g/mol. The summed E-state index contributed by atoms with van der Waals surface area (Å²) < 4.78 is 53.8. The summed E-state index contributed by atoms with van der Waals surface area (Å²) in [6, 6.07) is 11.4. The molecule has 0 spiro atoms. The molecule has 37 heavy (non-hydrogen) atoms. The number of carbonyl (C=O) groups excluding carboxylic acids is 1. The number of fused-ring (bicyclic) bond motifs is 2. The highest BCUT2D eigenvalue weighted by atomic mass is 35.5. The van der Waals surface area contributed by atoms with Crippen molar-refractivity contribution in [1.29, 1.82) is 0 Å². The summed E-state index contributed by atoms with van der Waals surface area (Å²) >= 11 is 6.30. The van der Waals surface area contributed by atoms with E-state index in [1.807, 2.05) is 24.3 Å². The minimum atomic E-state index is -4.54. The van der Waals surface area contributed by atoms with E-state index in [1.165, 1.54) is 6.07 Å². The number of nitrogens with one attached hydrogen (secondary N) is 1. The zero-order chi connectivity index (χ0) is 25.7. The van der Waals surface area contributed by atoms with E-state index in [2.05, 4.69) is 15.3 Å². The molecule has 2 atom stereocenters. The highest BCUT2D eigenvalue weighted by Gasteiger charge is 2.47. The number of halogens is 4. The first-order valence-electron chi connectivity index (χ1n) is 11.9. The first-order chi connectivity index (χ1) is 17.8. The molecule has 3 aliphatic heterocycles. The number of carbonyl (C=O) groups is 1. The Hall–Kier alpha value is -3.60. The number of rotatable bonds is 3. The zero-order valence-electron chi connectivity index (χ0n) is 19.5. The van der Waals surface area contributed by atoms with Crippen LogP contribution in [0.5, 0.6) is 11.5 Å². The van der Waals surface area contributed by atoms with Gasteiger partial charge in [-0.05, 0) is 29.8 Å². The molecule has 4 heterocycles. The van der Waals surface area contributed by atoms with Gasteiger partial charge in [0.1, 0.15) is 5.82 Å². The minimum Gasteiger partial charge on any atom is -0.454 e. The van der Waals surface area contributed by atoms with E-state index >= 15 is 0 Å². The summed E-state index contributed by atoms with van der Waals surface area (Å²) in [4.78, 5) is 16.9. The van der Waals surface area contributed by atoms with Gasteiger partial charge in [-0.1, -0.05) is 29.8 Å². The molecule has 2 aromatic carbocycles. The third-order valence-electron chi connectivity index (χ3n) is 6.97. The predicted octanol–water partition coefficient (Wildman–Crippen LogP) is 4.89. The summed E-state index contributed by atoms with van der Waals surface area (Å²) in [6.45, 7) is 1.99. The Bertz CT molecular complexity index is 1340. The fraction of sp³-hybridized carbons (Fsp3) is 0.360. The summed E-state index contributed by atoms with van der Waals surface area (Å²) in [5, 5.41) is 7.87. The SMILES string of the molecule is O=C(c1cc2n(n1)[C@@H](C(F)(F)F)C[C@@H](c1ccc3c(c1)OCO3)N2)N1CCN(c2ccccc2Cl)CC1. The number of hydrogen-bond donors (Lipinski definition) is 1. The van der Waals surface area contributed by atoms with Gasteiger partial charge in [0.15, 0.2) is 23.2 Å². The minimum absolute atomic E-state index is 0.0192. The number of alkyl halides is 3. The second-order valence-electron chi connectivity index (χ2n) is 9.19. The van der Waals surface area contributed by atoms with E-state index in [0.717, 1.165) is 10.4 Å². The van der Waals surface area contributed by atoms with Crippen molar-refractivity contribution >= 4 is 29.0 Å². The predicted molar refractivity (Wildman–Crippen MR) is 130 cm³/mol. The quantitative estimate of drug-likeness (QED) is 0.517. The Balaban J connectivity index is 1.22. The summed E-state index contributed by atoms with van der Waals surface area (Å²) in [7, 11) is 0. The van der Waals surface area contributed by atoms with Gasteiger partial charge in [-0.3, -0.25) is 4.79 Å². The topological polar surface area (TPSA) is 71.9 Å². The van der Waals surface area contributed by atoms with Crippen LogP contribution in [0.4, 0.5) is 24.7 Å². The Kier molecular flexibility index (Phi) is 5.82. The maximum Gasteiger partial charge on any atom is 0.410 e. The van der Waals surface area contributed by atoms with Crippen molar-refractivity contribution in [2.24, 2.45) is 0 Å². The van der Waals surface area contributed by atoms with Crippen LogP contribution in [0.3, 0.4) is 0 Å². The molecule has 0 aliphatic carbocycles. The number of amides is 1. The molecule has 3 aliphatic rings. The van der Waals surface area contributed by atoms with E-state index in [9.17, 15) is 18.0 Å². The first-order valence-corrected chi connectivity index (χ1v) is 12.3. The number of piperazine rings is 1. The fourth-order valence-corrected chi connectivity index (χ4v) is 5.30. The Morgan fingerprint density at radius 1 is 1.03 bits per heavy atom. The van der Waals surface area contributed by atoms with Crippen molar-refractivity contribution in [2.45, 2.75) is 24.7 Å². The lowest BCUT2D eigenvalue weighted by Crippen LogP contribution is -2.49. The molecule has 0 unspecified atom stereocenters. The molecular weight excluding hydrogens is 511 g/mol. The van der Waals surface area contributed by atoms with Gasteiger partial charge in [-0.15, -0.1) is 0 Å². The zero-order valence-corrected chi connectivity index (χ0v) is 20.3. The number of para-hydroxylation sites is 1. The third kappa shape index (κ3) is 4.41. The van der Waals surface area contributed by atoms with Crippen molar-refractivity contribution in [3.05, 3.63) is 64.8 Å². The number of nitrogens with zero attached hydrogens (tertiary/aromatic N) is 4. The number of hydrogen-bond acceptors (Lipinski definition) is 6. The lowest BCUT2D eigenvalue weighted by Gasteiger charge is -2.36. The van der Waals surface area contributed by atoms with Crippen LogP contribution >= 0.6 is 11.6 Å². The highest BCUT2D eigenvalue weighted by Crippen LogP contribution is 2.45. The van der Waals surface area contributed by atoms with Crippen molar-refractivity contribution in [3.8, 4) is 11.5 Å². The van der Waals surface area contributed by atoms with Gasteiger partial charge in [0.25, 0.3) is 5.91 Å². The van der Waals surface area contributed by atoms with Gasteiger partial charge in [0.05, 0.1) is 16.8 Å². The Labute approximate surface area is 215 Å². The Morgan fingerprint density at radius 2 is 1.78 bits per heavy atom. The third-order valence-corrected chi connectivity index (χ3v) is 7.29. The molecule has 1 fully saturated rings. The second-order valence-corrected chi connectivity index (χ2v) is 9.60. The van der Waals surface area contributed by atoms with Crippen LogP contribution in [0.15, 0.2) is 48.5 Å². The van der Waals surface area contributed by atoms with Gasteiger partial charge in [0.2, 0.25) is 6.79 Å². The Morgan fingerprint density at radius 3 is 2.54 bits per heavy atom. The number of benzene rings is 2. The molecule has 0 saturated carbocycles. The van der Waals surface area contributed by atoms with E-state index < -0.39 is 24.2 Å². The van der Waals surface area contributed by atoms with Crippen molar-refractivity contribution in [2.75, 3.05) is 43.2 Å². The van der Waals surface area contributed by atoms with Gasteiger partial charge in [0, 0.05) is 38.7 Å². The van der Waals surface area contributed by atoms with Crippen LogP contribution in [-0.2, 0) is 0 Å². The van der Waals surface area contributed by atoms with Crippen molar-refractivity contribution in [3.63, 3.8) is 0 Å². The molecule has 0 radical (unpaired) electrons. The molecule has 1 amide bonds. The number of aromatic nitrogens is 2. The normalized spacial score (nSPS) is 21.0. The molecule has 8 nitrogen and oxygen atoms in total. The maximum absolute atomic E-state index is 14.1. The van der Waals surface area contributed by atoms with E-state index in [4.69, 9.17) is 21.1 Å². The van der Waals surface area contributed by atoms with Gasteiger partial charge < -0.3 is 24.6 Å². The van der Waals surface area contributed by atoms with Crippen molar-refractivity contribution < 1.29 is 27.4 Å². The molecular formula is C25H23ClF3N5O3. The molecule has 1 N–H and O–H groups in total. The van der Waals surface area contributed by atoms with Crippen molar-refractivity contribution in [1.82, 2.24) is 14.7 Å². The van der Waals surface area contributed by atoms with Crippen LogP contribution in [0.25, 0.3) is 0 Å². The van der Waals surface area contributed by atoms with Crippen LogP contribution in [0.1, 0.15) is 34.6 Å². The molecule has 1 saturated heterocycles. The summed E-state index contributed by atoms with van der Waals surface area (Å²) in [5.74, 6) is 0.797.